The van der Waals surface area contributed by atoms with Gasteiger partial charge in [-0.15, -0.1) is 13.2 Å². The summed E-state index contributed by atoms with van der Waals surface area (Å²) in [6, 6.07) is 8.79. The molecule has 2 aromatic carbocycles. The number of nitrogens with one attached hydrogen (secondary N) is 1. The molecular formula is C15H10ClF3N2O2. The number of rotatable bonds is 2. The van der Waals surface area contributed by atoms with Crippen LogP contribution in [0.25, 0.3) is 22.2 Å². The summed E-state index contributed by atoms with van der Waals surface area (Å²) in [5.41, 5.74) is 1.33. The van der Waals surface area contributed by atoms with Crippen molar-refractivity contribution in [1.29, 1.82) is 0 Å². The van der Waals surface area contributed by atoms with Crippen molar-refractivity contribution >= 4 is 22.6 Å². The lowest BCUT2D eigenvalue weighted by atomic mass is 10.0. The number of H-pyrrole nitrogens is 1. The molecule has 0 aliphatic heterocycles. The first-order valence-electron chi connectivity index (χ1n) is 6.49. The second-order valence-corrected chi connectivity index (χ2v) is 5.29. The van der Waals surface area contributed by atoms with Crippen LogP contribution in [0.15, 0.2) is 41.2 Å². The molecule has 4 nitrogen and oxygen atoms in total. The van der Waals surface area contributed by atoms with E-state index in [-0.39, 0.29) is 16.3 Å². The van der Waals surface area contributed by atoms with Gasteiger partial charge in [0, 0.05) is 12.6 Å². The van der Waals surface area contributed by atoms with E-state index in [4.69, 9.17) is 11.6 Å². The molecule has 0 spiro atoms. The normalized spacial score (nSPS) is 11.9. The van der Waals surface area contributed by atoms with E-state index in [1.807, 2.05) is 0 Å². The van der Waals surface area contributed by atoms with Crippen LogP contribution in [0, 0.1) is 0 Å². The highest BCUT2D eigenvalue weighted by atomic mass is 35.5. The number of alkyl halides is 3. The Kier molecular flexibility index (Phi) is 3.60. The van der Waals surface area contributed by atoms with E-state index in [0.717, 1.165) is 0 Å². The Hall–Kier alpha value is -2.41. The Labute approximate surface area is 133 Å². The van der Waals surface area contributed by atoms with Gasteiger partial charge in [-0.25, -0.2) is 4.79 Å². The minimum absolute atomic E-state index is 0.113. The molecule has 1 N–H and O–H groups in total. The lowest BCUT2D eigenvalue weighted by Crippen LogP contribution is -2.17. The largest absolute Gasteiger partial charge is 0.573 e. The SMILES string of the molecule is Cn1c(=O)[nH]c2ccc(-c3c(Cl)cccc3OC(F)(F)F)cc21. The molecule has 0 aliphatic rings. The van der Waals surface area contributed by atoms with Crippen LogP contribution >= 0.6 is 11.6 Å². The maximum atomic E-state index is 12.6. The predicted octanol–water partition coefficient (Wildman–Crippen LogP) is 4.09. The van der Waals surface area contributed by atoms with Crippen LogP contribution in [-0.2, 0) is 7.05 Å². The van der Waals surface area contributed by atoms with Crippen molar-refractivity contribution in [1.82, 2.24) is 9.55 Å². The minimum Gasteiger partial charge on any atom is -0.405 e. The van der Waals surface area contributed by atoms with Crippen LogP contribution in [0.4, 0.5) is 13.2 Å². The van der Waals surface area contributed by atoms with Crippen LogP contribution in [0.2, 0.25) is 5.02 Å². The summed E-state index contributed by atoms with van der Waals surface area (Å²) in [7, 11) is 1.56. The molecule has 0 unspecified atom stereocenters. The number of aryl methyl sites for hydroxylation is 1. The highest BCUT2D eigenvalue weighted by molar-refractivity contribution is 6.33. The zero-order valence-corrected chi connectivity index (χ0v) is 12.5. The molecule has 0 fully saturated rings. The molecule has 0 atom stereocenters. The van der Waals surface area contributed by atoms with Crippen LogP contribution in [0.5, 0.6) is 5.75 Å². The third kappa shape index (κ3) is 2.92. The van der Waals surface area contributed by atoms with Crippen molar-refractivity contribution < 1.29 is 17.9 Å². The van der Waals surface area contributed by atoms with Gasteiger partial charge < -0.3 is 9.72 Å². The molecule has 23 heavy (non-hydrogen) atoms. The number of halogens is 4. The van der Waals surface area contributed by atoms with Crippen LogP contribution in [-0.4, -0.2) is 15.9 Å². The van der Waals surface area contributed by atoms with E-state index in [0.29, 0.717) is 16.6 Å². The fourth-order valence-electron chi connectivity index (χ4n) is 2.37. The van der Waals surface area contributed by atoms with Crippen LogP contribution in [0.1, 0.15) is 0 Å². The molecular weight excluding hydrogens is 333 g/mol. The van der Waals surface area contributed by atoms with Gasteiger partial charge in [-0.2, -0.15) is 0 Å². The smallest absolute Gasteiger partial charge is 0.405 e. The molecule has 8 heteroatoms. The molecule has 120 valence electrons. The number of hydrogen-bond donors (Lipinski definition) is 1. The Morgan fingerprint density at radius 3 is 2.65 bits per heavy atom. The van der Waals surface area contributed by atoms with E-state index >= 15 is 0 Å². The van der Waals surface area contributed by atoms with Gasteiger partial charge in [0.05, 0.1) is 16.1 Å². The van der Waals surface area contributed by atoms with Gasteiger partial charge in [-0.05, 0) is 29.8 Å². The molecule has 0 amide bonds. The van der Waals surface area contributed by atoms with Crippen molar-refractivity contribution in [3.63, 3.8) is 0 Å². The van der Waals surface area contributed by atoms with E-state index < -0.39 is 12.1 Å². The monoisotopic (exact) mass is 342 g/mol. The Bertz CT molecular complexity index is 944. The van der Waals surface area contributed by atoms with Gasteiger partial charge in [-0.3, -0.25) is 4.57 Å². The predicted molar refractivity (Wildman–Crippen MR) is 80.7 cm³/mol. The molecule has 3 aromatic rings. The lowest BCUT2D eigenvalue weighted by molar-refractivity contribution is -0.274. The van der Waals surface area contributed by atoms with Crippen LogP contribution < -0.4 is 10.4 Å². The summed E-state index contributed by atoms with van der Waals surface area (Å²) in [6.07, 6.45) is -4.83. The van der Waals surface area contributed by atoms with Gasteiger partial charge >= 0.3 is 12.1 Å². The zero-order chi connectivity index (χ0) is 16.8. The topological polar surface area (TPSA) is 47.0 Å². The van der Waals surface area contributed by atoms with Crippen LogP contribution in [0.3, 0.4) is 0 Å². The van der Waals surface area contributed by atoms with Gasteiger partial charge in [0.25, 0.3) is 0 Å². The number of aromatic nitrogens is 2. The summed E-state index contributed by atoms with van der Waals surface area (Å²) < 4.78 is 43.1. The molecule has 0 radical (unpaired) electrons. The van der Waals surface area contributed by atoms with Crippen molar-refractivity contribution in [2.24, 2.45) is 7.05 Å². The fraction of sp³-hybridized carbons (Fsp3) is 0.133. The number of aromatic amines is 1. The number of imidazole rings is 1. The quantitative estimate of drug-likeness (QED) is 0.762. The number of hydrogen-bond acceptors (Lipinski definition) is 2. The molecule has 0 saturated heterocycles. The lowest BCUT2D eigenvalue weighted by Gasteiger charge is -2.14. The van der Waals surface area contributed by atoms with Crippen molar-refractivity contribution in [3.05, 3.63) is 51.9 Å². The van der Waals surface area contributed by atoms with Gasteiger partial charge in [0.15, 0.2) is 0 Å². The van der Waals surface area contributed by atoms with Gasteiger partial charge in [0.1, 0.15) is 5.75 Å². The first-order valence-corrected chi connectivity index (χ1v) is 6.87. The highest BCUT2D eigenvalue weighted by Crippen LogP contribution is 2.39. The summed E-state index contributed by atoms with van der Waals surface area (Å²) in [5.74, 6) is -0.398. The maximum absolute atomic E-state index is 12.6. The number of fused-ring (bicyclic) bond motifs is 1. The average molecular weight is 343 g/mol. The first kappa shape index (κ1) is 15.5. The van der Waals surface area contributed by atoms with E-state index in [1.54, 1.807) is 25.2 Å². The molecule has 0 bridgehead atoms. The molecule has 0 saturated carbocycles. The minimum atomic E-state index is -4.83. The van der Waals surface area contributed by atoms with Gasteiger partial charge in [0.2, 0.25) is 0 Å². The molecule has 0 aliphatic carbocycles. The maximum Gasteiger partial charge on any atom is 0.573 e. The Morgan fingerprint density at radius 1 is 1.22 bits per heavy atom. The first-order chi connectivity index (χ1) is 10.8. The van der Waals surface area contributed by atoms with E-state index in [9.17, 15) is 18.0 Å². The van der Waals surface area contributed by atoms with Crippen molar-refractivity contribution in [2.75, 3.05) is 0 Å². The second kappa shape index (κ2) is 5.34. The van der Waals surface area contributed by atoms with Gasteiger partial charge in [-0.1, -0.05) is 23.7 Å². The zero-order valence-electron chi connectivity index (χ0n) is 11.7. The van der Waals surface area contributed by atoms with E-state index in [1.165, 1.54) is 22.8 Å². The summed E-state index contributed by atoms with van der Waals surface area (Å²) in [6.45, 7) is 0. The number of nitrogens with zero attached hydrogens (tertiary/aromatic N) is 1. The molecule has 1 aromatic heterocycles. The van der Waals surface area contributed by atoms with Crippen molar-refractivity contribution in [2.45, 2.75) is 6.36 Å². The summed E-state index contributed by atoms with van der Waals surface area (Å²) in [4.78, 5) is 14.3. The third-order valence-corrected chi connectivity index (χ3v) is 3.71. The Balaban J connectivity index is 2.22. The average Bonchev–Trinajstić information content (AvgIpc) is 2.73. The number of benzene rings is 2. The third-order valence-electron chi connectivity index (χ3n) is 3.40. The molecule has 3 rings (SSSR count). The fourth-order valence-corrected chi connectivity index (χ4v) is 2.65. The standard InChI is InChI=1S/C15H10ClF3N2O2/c1-21-11-7-8(5-6-10(11)20-14(21)22)13-9(16)3-2-4-12(13)23-15(17,18)19/h2-7H,1H3,(H,20,22). The van der Waals surface area contributed by atoms with Crippen molar-refractivity contribution in [3.8, 4) is 16.9 Å². The highest BCUT2D eigenvalue weighted by Gasteiger charge is 2.32. The molecule has 1 heterocycles. The summed E-state index contributed by atoms with van der Waals surface area (Å²) in [5, 5.41) is 0.117. The second-order valence-electron chi connectivity index (χ2n) is 4.88. The van der Waals surface area contributed by atoms with E-state index in [2.05, 4.69) is 9.72 Å². The number of ether oxygens (including phenoxy) is 1. The Morgan fingerprint density at radius 2 is 1.96 bits per heavy atom. The summed E-state index contributed by atoms with van der Waals surface area (Å²) >= 11 is 6.07.